The summed E-state index contributed by atoms with van der Waals surface area (Å²) in [6, 6.07) is 6.20. The van der Waals surface area contributed by atoms with Gasteiger partial charge in [0.25, 0.3) is 5.91 Å². The van der Waals surface area contributed by atoms with Crippen molar-refractivity contribution in [1.82, 2.24) is 14.7 Å². The fraction of sp³-hybridized carbons (Fsp3) is 0.320. The molecule has 0 aliphatic carbocycles. The number of thioether (sulfide) groups is 1. The number of amidine groups is 1. The van der Waals surface area contributed by atoms with E-state index in [0.717, 1.165) is 6.07 Å². The number of amides is 1. The molecule has 206 valence electrons. The number of aromatic nitrogens is 2. The third-order valence-corrected chi connectivity index (χ3v) is 7.34. The van der Waals surface area contributed by atoms with Crippen molar-refractivity contribution in [2.45, 2.75) is 24.9 Å². The third kappa shape index (κ3) is 5.68. The van der Waals surface area contributed by atoms with E-state index < -0.39 is 35.9 Å². The fourth-order valence-corrected chi connectivity index (χ4v) is 5.38. The van der Waals surface area contributed by atoms with Crippen LogP contribution in [-0.2, 0) is 28.4 Å². The molecular weight excluding hydrogens is 550 g/mol. The Labute approximate surface area is 221 Å². The average molecular weight is 571 g/mol. The van der Waals surface area contributed by atoms with E-state index in [9.17, 15) is 36.2 Å². The van der Waals surface area contributed by atoms with E-state index in [1.807, 2.05) is 4.90 Å². The summed E-state index contributed by atoms with van der Waals surface area (Å²) in [4.78, 5) is 18.8. The number of benzene rings is 2. The number of morpholine rings is 1. The normalized spacial score (nSPS) is 19.8. The molecule has 1 saturated heterocycles. The number of halogens is 6. The third-order valence-electron chi connectivity index (χ3n) is 6.32. The van der Waals surface area contributed by atoms with Crippen molar-refractivity contribution < 1.29 is 41.0 Å². The van der Waals surface area contributed by atoms with Crippen molar-refractivity contribution in [2.24, 2.45) is 4.99 Å². The summed E-state index contributed by atoms with van der Waals surface area (Å²) in [5, 5.41) is 14.8. The Morgan fingerprint density at radius 3 is 2.62 bits per heavy atom. The highest BCUT2D eigenvalue weighted by Gasteiger charge is 2.38. The van der Waals surface area contributed by atoms with Gasteiger partial charge in [0.05, 0.1) is 60.2 Å². The van der Waals surface area contributed by atoms with Crippen LogP contribution in [0.25, 0.3) is 17.0 Å². The smallest absolute Gasteiger partial charge is 0.394 e. The summed E-state index contributed by atoms with van der Waals surface area (Å²) in [7, 11) is 0. The highest BCUT2D eigenvalue weighted by molar-refractivity contribution is 8.18. The number of hydrogen-bond acceptors (Lipinski definition) is 6. The van der Waals surface area contributed by atoms with Crippen LogP contribution in [0.2, 0.25) is 0 Å². The van der Waals surface area contributed by atoms with Gasteiger partial charge in [0.1, 0.15) is 0 Å². The molecule has 3 aromatic rings. The molecule has 1 atom stereocenters. The van der Waals surface area contributed by atoms with Crippen LogP contribution < -0.4 is 0 Å². The van der Waals surface area contributed by atoms with E-state index in [4.69, 9.17) is 4.74 Å². The molecule has 1 fully saturated rings. The summed E-state index contributed by atoms with van der Waals surface area (Å²) in [6.45, 7) is 0.706. The zero-order chi connectivity index (χ0) is 27.9. The second kappa shape index (κ2) is 10.3. The number of rotatable bonds is 4. The van der Waals surface area contributed by atoms with Crippen LogP contribution in [0.4, 0.5) is 26.3 Å². The highest BCUT2D eigenvalue weighted by Crippen LogP contribution is 2.38. The molecule has 1 amide bonds. The summed E-state index contributed by atoms with van der Waals surface area (Å²) < 4.78 is 86.3. The largest absolute Gasteiger partial charge is 0.416 e. The number of aliphatic hydroxyl groups is 1. The monoisotopic (exact) mass is 570 g/mol. The molecule has 0 spiro atoms. The maximum absolute atomic E-state index is 13.6. The van der Waals surface area contributed by atoms with Crippen molar-refractivity contribution in [3.63, 3.8) is 0 Å². The highest BCUT2D eigenvalue weighted by atomic mass is 32.2. The Kier molecular flexibility index (Phi) is 7.20. The number of fused-ring (bicyclic) bond motifs is 1. The van der Waals surface area contributed by atoms with Crippen molar-refractivity contribution in [2.75, 3.05) is 26.4 Å². The summed E-state index contributed by atoms with van der Waals surface area (Å²) in [5.41, 5.74) is -2.02. The number of carbonyl (C=O) groups excluding carboxylic acids is 1. The van der Waals surface area contributed by atoms with Crippen LogP contribution in [-0.4, -0.2) is 63.3 Å². The van der Waals surface area contributed by atoms with Gasteiger partial charge in [0, 0.05) is 11.9 Å². The van der Waals surface area contributed by atoms with Crippen molar-refractivity contribution in [3.05, 3.63) is 69.8 Å². The number of ether oxygens (including phenoxy) is 1. The molecule has 2 aromatic carbocycles. The van der Waals surface area contributed by atoms with Gasteiger partial charge in [-0.25, -0.2) is 0 Å². The van der Waals surface area contributed by atoms with Gasteiger partial charge in [-0.2, -0.15) is 36.4 Å². The number of aliphatic imine (C=N–C) groups is 1. The molecule has 0 radical (unpaired) electrons. The zero-order valence-electron chi connectivity index (χ0n) is 20.0. The first-order valence-corrected chi connectivity index (χ1v) is 12.5. The molecule has 0 saturated carbocycles. The van der Waals surface area contributed by atoms with Crippen molar-refractivity contribution in [3.8, 4) is 0 Å². The predicted molar refractivity (Wildman–Crippen MR) is 132 cm³/mol. The van der Waals surface area contributed by atoms with Gasteiger partial charge < -0.3 is 14.7 Å². The van der Waals surface area contributed by atoms with Gasteiger partial charge in [0.2, 0.25) is 0 Å². The van der Waals surface area contributed by atoms with Crippen LogP contribution in [0.15, 0.2) is 52.5 Å². The van der Waals surface area contributed by atoms with Crippen LogP contribution in [0.1, 0.15) is 22.3 Å². The number of hydrogen-bond donors (Lipinski definition) is 1. The number of carbonyl (C=O) groups is 1. The number of aliphatic hydroxyl groups excluding tert-OH is 1. The standard InChI is InChI=1S/C25H20F6N4O3S/c26-24(27,28)17-3-2-15(19(9-17)25(29,30)31)11-35-20-4-1-14(7-16(20)10-32-35)8-21-22(37)33-23(39-21)34-5-6-38-13-18(34)12-36/h1-4,7-10,18,36H,5-6,11-13H2/t18-/m1/s1. The zero-order valence-corrected chi connectivity index (χ0v) is 20.8. The lowest BCUT2D eigenvalue weighted by Gasteiger charge is -2.35. The minimum atomic E-state index is -4.98. The average Bonchev–Trinajstić information content (AvgIpc) is 3.45. The lowest BCUT2D eigenvalue weighted by molar-refractivity contribution is -0.143. The van der Waals surface area contributed by atoms with E-state index in [1.54, 1.807) is 24.3 Å². The van der Waals surface area contributed by atoms with Gasteiger partial charge in [-0.05, 0) is 53.2 Å². The summed E-state index contributed by atoms with van der Waals surface area (Å²) >= 11 is 1.17. The molecule has 39 heavy (non-hydrogen) atoms. The Balaban J connectivity index is 1.38. The molecule has 0 bridgehead atoms. The Morgan fingerprint density at radius 1 is 1.10 bits per heavy atom. The van der Waals surface area contributed by atoms with Crippen molar-refractivity contribution in [1.29, 1.82) is 0 Å². The molecule has 3 heterocycles. The lowest BCUT2D eigenvalue weighted by Crippen LogP contribution is -2.49. The first-order valence-electron chi connectivity index (χ1n) is 11.6. The lowest BCUT2D eigenvalue weighted by atomic mass is 10.0. The first kappa shape index (κ1) is 27.2. The summed E-state index contributed by atoms with van der Waals surface area (Å²) in [6.07, 6.45) is -6.83. The minimum Gasteiger partial charge on any atom is -0.394 e. The van der Waals surface area contributed by atoms with Crippen LogP contribution in [0, 0.1) is 0 Å². The van der Waals surface area contributed by atoms with Gasteiger partial charge in [-0.1, -0.05) is 12.1 Å². The Hall–Kier alpha value is -3.36. The molecule has 14 heteroatoms. The molecule has 1 aromatic heterocycles. The van der Waals surface area contributed by atoms with E-state index >= 15 is 0 Å². The maximum atomic E-state index is 13.6. The second-order valence-corrected chi connectivity index (χ2v) is 9.91. The van der Waals surface area contributed by atoms with E-state index in [1.165, 1.54) is 22.6 Å². The van der Waals surface area contributed by atoms with Crippen LogP contribution in [0.3, 0.4) is 0 Å². The van der Waals surface area contributed by atoms with E-state index in [0.29, 0.717) is 52.4 Å². The maximum Gasteiger partial charge on any atom is 0.416 e. The fourth-order valence-electron chi connectivity index (χ4n) is 4.37. The number of alkyl halides is 6. The van der Waals surface area contributed by atoms with Crippen molar-refractivity contribution >= 4 is 39.8 Å². The summed E-state index contributed by atoms with van der Waals surface area (Å²) in [5.74, 6) is -0.434. The Morgan fingerprint density at radius 2 is 1.90 bits per heavy atom. The van der Waals surface area contributed by atoms with E-state index in [-0.39, 0.29) is 24.3 Å². The molecule has 2 aliphatic rings. The molecule has 1 N–H and O–H groups in total. The molecule has 0 unspecified atom stereocenters. The first-order chi connectivity index (χ1) is 18.4. The Bertz CT molecular complexity index is 1480. The quantitative estimate of drug-likeness (QED) is 0.359. The molecule has 5 rings (SSSR count). The molecular formula is C25H20F6N4O3S. The minimum absolute atomic E-state index is 0.109. The molecule has 2 aliphatic heterocycles. The van der Waals surface area contributed by atoms with Gasteiger partial charge in [0.15, 0.2) is 5.17 Å². The second-order valence-electron chi connectivity index (χ2n) is 8.90. The van der Waals surface area contributed by atoms with Crippen LogP contribution >= 0.6 is 11.8 Å². The van der Waals surface area contributed by atoms with Gasteiger partial charge in [-0.15, -0.1) is 0 Å². The topological polar surface area (TPSA) is 80.0 Å². The van der Waals surface area contributed by atoms with Gasteiger partial charge in [-0.3, -0.25) is 9.48 Å². The SMILES string of the molecule is O=C1N=C(N2CCOC[C@H]2CO)SC1=Cc1ccc2c(cnn2Cc2ccc(C(F)(F)F)cc2C(F)(F)F)c1. The number of nitrogens with zero attached hydrogens (tertiary/aromatic N) is 4. The van der Waals surface area contributed by atoms with E-state index in [2.05, 4.69) is 10.1 Å². The van der Waals surface area contributed by atoms with Crippen LogP contribution in [0.5, 0.6) is 0 Å². The molecule has 7 nitrogen and oxygen atoms in total. The van der Waals surface area contributed by atoms with Gasteiger partial charge >= 0.3 is 12.4 Å². The predicted octanol–water partition coefficient (Wildman–Crippen LogP) is 4.79.